The molecule has 0 aliphatic carbocycles. The molecule has 6 nitrogen and oxygen atoms in total. The van der Waals surface area contributed by atoms with E-state index >= 15 is 0 Å². The lowest BCUT2D eigenvalue weighted by atomic mass is 10.1. The van der Waals surface area contributed by atoms with Crippen molar-refractivity contribution in [2.24, 2.45) is 0 Å². The molecule has 0 spiro atoms. The molecule has 3 rings (SSSR count). The normalized spacial score (nSPS) is 20.6. The first-order valence-electron chi connectivity index (χ1n) is 8.45. The third-order valence-electron chi connectivity index (χ3n) is 4.45. The quantitative estimate of drug-likeness (QED) is 0.583. The van der Waals surface area contributed by atoms with E-state index in [9.17, 15) is 9.59 Å². The zero-order valence-corrected chi connectivity index (χ0v) is 15.8. The standard InChI is InChI=1S/C19H22N2O4S/c1-4-13(2)21-18(22)17(26-19(21)23)11-14-5-6-15(12-16(14)24-3)20-7-9-25-10-8-20/h4-6,11-13H,1,7-10H2,2-3H3/b17-11-/t13-/m0/s1. The molecule has 2 aliphatic rings. The Morgan fingerprint density at radius 3 is 2.69 bits per heavy atom. The Bertz CT molecular complexity index is 756. The van der Waals surface area contributed by atoms with Crippen molar-refractivity contribution in [3.63, 3.8) is 0 Å². The van der Waals surface area contributed by atoms with Gasteiger partial charge in [-0.1, -0.05) is 6.08 Å². The highest BCUT2D eigenvalue weighted by Gasteiger charge is 2.37. The predicted molar refractivity (Wildman–Crippen MR) is 103 cm³/mol. The van der Waals surface area contributed by atoms with E-state index < -0.39 is 0 Å². The van der Waals surface area contributed by atoms with E-state index in [1.165, 1.54) is 4.90 Å². The minimum Gasteiger partial charge on any atom is -0.496 e. The molecule has 0 radical (unpaired) electrons. The van der Waals surface area contributed by atoms with Gasteiger partial charge in [-0.15, -0.1) is 6.58 Å². The van der Waals surface area contributed by atoms with Crippen LogP contribution in [0.25, 0.3) is 6.08 Å². The van der Waals surface area contributed by atoms with Gasteiger partial charge in [0.15, 0.2) is 0 Å². The molecule has 2 heterocycles. The molecular formula is C19H22N2O4S. The number of rotatable bonds is 5. The largest absolute Gasteiger partial charge is 0.496 e. The first kappa shape index (κ1) is 18.5. The first-order chi connectivity index (χ1) is 12.5. The summed E-state index contributed by atoms with van der Waals surface area (Å²) < 4.78 is 10.9. The molecule has 0 unspecified atom stereocenters. The van der Waals surface area contributed by atoms with Crippen molar-refractivity contribution in [2.45, 2.75) is 13.0 Å². The number of hydrogen-bond donors (Lipinski definition) is 0. The monoisotopic (exact) mass is 374 g/mol. The molecular weight excluding hydrogens is 352 g/mol. The molecule has 7 heteroatoms. The Morgan fingerprint density at radius 2 is 2.04 bits per heavy atom. The van der Waals surface area contributed by atoms with Crippen molar-refractivity contribution in [2.75, 3.05) is 38.3 Å². The Labute approximate surface area is 157 Å². The minimum atomic E-state index is -0.334. The third-order valence-corrected chi connectivity index (χ3v) is 5.34. The van der Waals surface area contributed by atoms with Gasteiger partial charge in [0.05, 0.1) is 31.3 Å². The number of benzene rings is 1. The van der Waals surface area contributed by atoms with Crippen LogP contribution >= 0.6 is 11.8 Å². The van der Waals surface area contributed by atoms with E-state index in [4.69, 9.17) is 9.47 Å². The number of methoxy groups -OCH3 is 1. The number of imide groups is 1. The molecule has 2 aliphatic heterocycles. The second-order valence-electron chi connectivity index (χ2n) is 6.05. The van der Waals surface area contributed by atoms with Gasteiger partial charge < -0.3 is 14.4 Å². The maximum atomic E-state index is 12.5. The van der Waals surface area contributed by atoms with Crippen LogP contribution < -0.4 is 9.64 Å². The van der Waals surface area contributed by atoms with Crippen LogP contribution in [0.2, 0.25) is 0 Å². The van der Waals surface area contributed by atoms with E-state index in [-0.39, 0.29) is 17.2 Å². The predicted octanol–water partition coefficient (Wildman–Crippen LogP) is 3.14. The summed E-state index contributed by atoms with van der Waals surface area (Å²) in [7, 11) is 1.60. The maximum absolute atomic E-state index is 12.5. The molecule has 2 amide bonds. The fourth-order valence-corrected chi connectivity index (χ4v) is 3.82. The average Bonchev–Trinajstić information content (AvgIpc) is 2.95. The van der Waals surface area contributed by atoms with Gasteiger partial charge >= 0.3 is 0 Å². The lowest BCUT2D eigenvalue weighted by Gasteiger charge is -2.29. The maximum Gasteiger partial charge on any atom is 0.294 e. The Balaban J connectivity index is 1.87. The summed E-state index contributed by atoms with van der Waals surface area (Å²) in [5.74, 6) is 0.365. The molecule has 0 N–H and O–H groups in total. The van der Waals surface area contributed by atoms with Gasteiger partial charge in [-0.2, -0.15) is 0 Å². The van der Waals surface area contributed by atoms with Crippen molar-refractivity contribution in [1.29, 1.82) is 0 Å². The highest BCUT2D eigenvalue weighted by molar-refractivity contribution is 8.18. The molecule has 1 aromatic rings. The molecule has 2 fully saturated rings. The van der Waals surface area contributed by atoms with E-state index in [1.54, 1.807) is 26.2 Å². The van der Waals surface area contributed by atoms with Crippen LogP contribution in [-0.2, 0) is 9.53 Å². The number of carbonyl (C=O) groups is 2. The summed E-state index contributed by atoms with van der Waals surface area (Å²) in [6.07, 6.45) is 3.29. The third kappa shape index (κ3) is 3.64. The number of morpholine rings is 1. The number of carbonyl (C=O) groups excluding carboxylic acids is 2. The van der Waals surface area contributed by atoms with Gasteiger partial charge in [-0.25, -0.2) is 0 Å². The summed E-state index contributed by atoms with van der Waals surface area (Å²) >= 11 is 0.940. The number of amides is 2. The van der Waals surface area contributed by atoms with Crippen molar-refractivity contribution in [3.8, 4) is 5.75 Å². The lowest BCUT2D eigenvalue weighted by molar-refractivity contribution is -0.123. The number of hydrogen-bond acceptors (Lipinski definition) is 6. The fraction of sp³-hybridized carbons (Fsp3) is 0.368. The van der Waals surface area contributed by atoms with Crippen LogP contribution in [0, 0.1) is 0 Å². The molecule has 26 heavy (non-hydrogen) atoms. The minimum absolute atomic E-state index is 0.280. The summed E-state index contributed by atoms with van der Waals surface area (Å²) in [6.45, 7) is 8.51. The number of thioether (sulfide) groups is 1. The van der Waals surface area contributed by atoms with Gasteiger partial charge in [-0.3, -0.25) is 14.5 Å². The molecule has 2 saturated heterocycles. The van der Waals surface area contributed by atoms with E-state index in [1.807, 2.05) is 18.2 Å². The summed E-state index contributed by atoms with van der Waals surface area (Å²) in [4.78, 5) is 28.5. The number of nitrogens with zero attached hydrogens (tertiary/aromatic N) is 2. The van der Waals surface area contributed by atoms with E-state index in [2.05, 4.69) is 11.5 Å². The second-order valence-corrected chi connectivity index (χ2v) is 7.05. The van der Waals surface area contributed by atoms with Gasteiger partial charge in [0, 0.05) is 30.4 Å². The molecule has 1 aromatic carbocycles. The van der Waals surface area contributed by atoms with E-state index in [0.29, 0.717) is 23.9 Å². The van der Waals surface area contributed by atoms with Crippen LogP contribution in [0.4, 0.5) is 10.5 Å². The van der Waals surface area contributed by atoms with Crippen LogP contribution in [0.1, 0.15) is 12.5 Å². The topological polar surface area (TPSA) is 59.1 Å². The highest BCUT2D eigenvalue weighted by Crippen LogP contribution is 2.36. The van der Waals surface area contributed by atoms with Crippen LogP contribution in [0.3, 0.4) is 0 Å². The smallest absolute Gasteiger partial charge is 0.294 e. The highest BCUT2D eigenvalue weighted by atomic mass is 32.2. The molecule has 0 saturated carbocycles. The SMILES string of the molecule is C=C[C@H](C)N1C(=O)S/C(=C\c2ccc(N3CCOCC3)cc2OC)C1=O. The van der Waals surface area contributed by atoms with Crippen LogP contribution in [-0.4, -0.2) is 55.5 Å². The Hall–Kier alpha value is -2.25. The van der Waals surface area contributed by atoms with Crippen molar-refractivity contribution in [1.82, 2.24) is 4.90 Å². The van der Waals surface area contributed by atoms with Crippen LogP contribution in [0.15, 0.2) is 35.8 Å². The zero-order chi connectivity index (χ0) is 18.7. The molecule has 1 atom stereocenters. The second kappa shape index (κ2) is 7.97. The first-order valence-corrected chi connectivity index (χ1v) is 9.27. The Morgan fingerprint density at radius 1 is 1.31 bits per heavy atom. The number of anilines is 1. The van der Waals surface area contributed by atoms with Gasteiger partial charge in [-0.05, 0) is 36.9 Å². The molecule has 138 valence electrons. The van der Waals surface area contributed by atoms with Gasteiger partial charge in [0.1, 0.15) is 5.75 Å². The summed E-state index contributed by atoms with van der Waals surface area (Å²) in [6, 6.07) is 5.53. The van der Waals surface area contributed by atoms with Gasteiger partial charge in [0.25, 0.3) is 11.1 Å². The molecule has 0 bridgehead atoms. The average molecular weight is 374 g/mol. The summed E-state index contributed by atoms with van der Waals surface area (Å²) in [5.41, 5.74) is 1.82. The van der Waals surface area contributed by atoms with Crippen LogP contribution in [0.5, 0.6) is 5.75 Å². The number of ether oxygens (including phenoxy) is 2. The molecule has 0 aromatic heterocycles. The summed E-state index contributed by atoms with van der Waals surface area (Å²) in [5, 5.41) is -0.280. The van der Waals surface area contributed by atoms with Gasteiger partial charge in [0.2, 0.25) is 0 Å². The van der Waals surface area contributed by atoms with E-state index in [0.717, 1.165) is 36.1 Å². The lowest BCUT2D eigenvalue weighted by Crippen LogP contribution is -2.36. The zero-order valence-electron chi connectivity index (χ0n) is 14.9. The van der Waals surface area contributed by atoms with Crippen molar-refractivity contribution in [3.05, 3.63) is 41.3 Å². The fourth-order valence-electron chi connectivity index (χ4n) is 2.91. The van der Waals surface area contributed by atoms with Crippen molar-refractivity contribution < 1.29 is 19.1 Å². The Kier molecular flexibility index (Phi) is 5.68. The van der Waals surface area contributed by atoms with Crippen molar-refractivity contribution >= 4 is 34.7 Å².